The summed E-state index contributed by atoms with van der Waals surface area (Å²) in [5.41, 5.74) is 1.58. The Morgan fingerprint density at radius 2 is 2.05 bits per heavy atom. The van der Waals surface area contributed by atoms with Crippen LogP contribution in [0.15, 0.2) is 41.1 Å². The van der Waals surface area contributed by atoms with Gasteiger partial charge in [-0.3, -0.25) is 5.10 Å². The molecule has 0 atom stereocenters. The minimum absolute atomic E-state index is 0.420. The predicted octanol–water partition coefficient (Wildman–Crippen LogP) is 2.92. The van der Waals surface area contributed by atoms with Crippen LogP contribution in [0.25, 0.3) is 23.0 Å². The third kappa shape index (κ3) is 2.54. The highest BCUT2D eigenvalue weighted by Gasteiger charge is 2.11. The summed E-state index contributed by atoms with van der Waals surface area (Å²) in [5, 5.41) is 10.6. The zero-order chi connectivity index (χ0) is 13.8. The zero-order valence-electron chi connectivity index (χ0n) is 11.0. The van der Waals surface area contributed by atoms with E-state index in [4.69, 9.17) is 9.26 Å². The minimum atomic E-state index is 0.420. The lowest BCUT2D eigenvalue weighted by Crippen LogP contribution is -1.94. The zero-order valence-corrected chi connectivity index (χ0v) is 11.0. The van der Waals surface area contributed by atoms with Crippen LogP contribution in [0, 0.1) is 0 Å². The first-order valence-corrected chi connectivity index (χ1v) is 6.43. The van der Waals surface area contributed by atoms with Crippen LogP contribution in [0.3, 0.4) is 0 Å². The molecule has 20 heavy (non-hydrogen) atoms. The summed E-state index contributed by atoms with van der Waals surface area (Å²) in [6.45, 7) is 2.79. The molecule has 1 aromatic carbocycles. The smallest absolute Gasteiger partial charge is 0.276 e. The van der Waals surface area contributed by atoms with Gasteiger partial charge in [-0.15, -0.1) is 0 Å². The Morgan fingerprint density at radius 1 is 1.20 bits per heavy atom. The number of nitrogens with one attached hydrogen (secondary N) is 1. The van der Waals surface area contributed by atoms with Crippen molar-refractivity contribution in [2.24, 2.45) is 0 Å². The van der Waals surface area contributed by atoms with E-state index < -0.39 is 0 Å². The molecule has 0 amide bonds. The van der Waals surface area contributed by atoms with Gasteiger partial charge in [-0.25, -0.2) is 0 Å². The molecular formula is C14H14N4O2. The fourth-order valence-corrected chi connectivity index (χ4v) is 1.75. The van der Waals surface area contributed by atoms with Crippen molar-refractivity contribution in [1.29, 1.82) is 0 Å². The molecule has 0 saturated carbocycles. The van der Waals surface area contributed by atoms with Gasteiger partial charge in [0.2, 0.25) is 5.82 Å². The number of aromatic amines is 1. The maximum atomic E-state index is 5.53. The van der Waals surface area contributed by atoms with Crippen molar-refractivity contribution in [2.75, 3.05) is 6.61 Å². The minimum Gasteiger partial charge on any atom is -0.494 e. The standard InChI is InChI=1S/C14H14N4O2/c1-2-9-19-11-5-3-10(4-6-11)13-16-14(20-18-13)12-7-8-15-17-12/h3-8H,2,9H2,1H3,(H,15,17). The summed E-state index contributed by atoms with van der Waals surface area (Å²) in [7, 11) is 0. The molecule has 0 aliphatic carbocycles. The van der Waals surface area contributed by atoms with E-state index in [-0.39, 0.29) is 0 Å². The van der Waals surface area contributed by atoms with Crippen molar-refractivity contribution in [1.82, 2.24) is 20.3 Å². The molecule has 2 aromatic heterocycles. The SMILES string of the molecule is CCCOc1ccc(-c2noc(-c3ccn[nH]3)n2)cc1. The van der Waals surface area contributed by atoms with Crippen molar-refractivity contribution in [3.8, 4) is 28.7 Å². The van der Waals surface area contributed by atoms with Gasteiger partial charge in [0, 0.05) is 11.8 Å². The van der Waals surface area contributed by atoms with Gasteiger partial charge in [-0.1, -0.05) is 12.1 Å². The van der Waals surface area contributed by atoms with Crippen molar-refractivity contribution in [3.63, 3.8) is 0 Å². The first-order chi connectivity index (χ1) is 9.86. The number of hydrogen-bond acceptors (Lipinski definition) is 5. The van der Waals surface area contributed by atoms with Gasteiger partial charge in [-0.2, -0.15) is 10.1 Å². The van der Waals surface area contributed by atoms with Crippen LogP contribution >= 0.6 is 0 Å². The highest BCUT2D eigenvalue weighted by molar-refractivity contribution is 5.58. The summed E-state index contributed by atoms with van der Waals surface area (Å²) < 4.78 is 10.7. The van der Waals surface area contributed by atoms with E-state index in [0.29, 0.717) is 24.0 Å². The van der Waals surface area contributed by atoms with Crippen LogP contribution in [0.1, 0.15) is 13.3 Å². The Morgan fingerprint density at radius 3 is 2.75 bits per heavy atom. The van der Waals surface area contributed by atoms with Crippen LogP contribution in [-0.2, 0) is 0 Å². The van der Waals surface area contributed by atoms with Crippen LogP contribution in [0.4, 0.5) is 0 Å². The lowest BCUT2D eigenvalue weighted by molar-refractivity contribution is 0.317. The molecule has 0 saturated heterocycles. The molecule has 6 heteroatoms. The van der Waals surface area contributed by atoms with E-state index in [2.05, 4.69) is 27.3 Å². The Hall–Kier alpha value is -2.63. The molecule has 0 aliphatic heterocycles. The monoisotopic (exact) mass is 270 g/mol. The van der Waals surface area contributed by atoms with Gasteiger partial charge < -0.3 is 9.26 Å². The fourth-order valence-electron chi connectivity index (χ4n) is 1.75. The number of H-pyrrole nitrogens is 1. The van der Waals surface area contributed by atoms with Crippen LogP contribution in [0.5, 0.6) is 5.75 Å². The summed E-state index contributed by atoms with van der Waals surface area (Å²) in [6.07, 6.45) is 2.62. The van der Waals surface area contributed by atoms with E-state index in [0.717, 1.165) is 17.7 Å². The second-order valence-corrected chi connectivity index (χ2v) is 4.27. The van der Waals surface area contributed by atoms with Crippen molar-refractivity contribution >= 4 is 0 Å². The van der Waals surface area contributed by atoms with Crippen molar-refractivity contribution in [2.45, 2.75) is 13.3 Å². The molecule has 0 aliphatic rings. The summed E-state index contributed by atoms with van der Waals surface area (Å²) >= 11 is 0. The molecule has 3 rings (SSSR count). The normalized spacial score (nSPS) is 10.7. The average Bonchev–Trinajstić information content (AvgIpc) is 3.16. The average molecular weight is 270 g/mol. The summed E-state index contributed by atoms with van der Waals surface area (Å²) in [4.78, 5) is 4.32. The van der Waals surface area contributed by atoms with Gasteiger partial charge >= 0.3 is 0 Å². The van der Waals surface area contributed by atoms with Crippen molar-refractivity contribution < 1.29 is 9.26 Å². The number of ether oxygens (including phenoxy) is 1. The van der Waals surface area contributed by atoms with Gasteiger partial charge in [0.1, 0.15) is 11.4 Å². The van der Waals surface area contributed by atoms with Gasteiger partial charge in [-0.05, 0) is 36.8 Å². The number of aromatic nitrogens is 4. The van der Waals surface area contributed by atoms with Crippen molar-refractivity contribution in [3.05, 3.63) is 36.5 Å². The third-order valence-electron chi connectivity index (χ3n) is 2.74. The van der Waals surface area contributed by atoms with Crippen LogP contribution in [0.2, 0.25) is 0 Å². The Labute approximate surface area is 115 Å². The number of benzene rings is 1. The molecule has 0 spiro atoms. The molecule has 0 unspecified atom stereocenters. The molecule has 0 radical (unpaired) electrons. The lowest BCUT2D eigenvalue weighted by Gasteiger charge is -2.03. The highest BCUT2D eigenvalue weighted by Crippen LogP contribution is 2.22. The molecule has 6 nitrogen and oxygen atoms in total. The third-order valence-corrected chi connectivity index (χ3v) is 2.74. The highest BCUT2D eigenvalue weighted by atomic mass is 16.5. The van der Waals surface area contributed by atoms with Gasteiger partial charge in [0.05, 0.1) is 6.61 Å². The van der Waals surface area contributed by atoms with Crippen LogP contribution in [-0.4, -0.2) is 26.9 Å². The quantitative estimate of drug-likeness (QED) is 0.771. The first kappa shape index (κ1) is 12.4. The lowest BCUT2D eigenvalue weighted by atomic mass is 10.2. The second-order valence-electron chi connectivity index (χ2n) is 4.27. The first-order valence-electron chi connectivity index (χ1n) is 6.43. The maximum Gasteiger partial charge on any atom is 0.276 e. The maximum absolute atomic E-state index is 5.53. The van der Waals surface area contributed by atoms with E-state index in [1.54, 1.807) is 12.3 Å². The Kier molecular flexibility index (Phi) is 3.45. The van der Waals surface area contributed by atoms with E-state index in [1.165, 1.54) is 0 Å². The van der Waals surface area contributed by atoms with Gasteiger partial charge in [0.25, 0.3) is 5.89 Å². The molecule has 1 N–H and O–H groups in total. The van der Waals surface area contributed by atoms with Crippen LogP contribution < -0.4 is 4.74 Å². The Balaban J connectivity index is 1.79. The molecule has 0 fully saturated rings. The topological polar surface area (TPSA) is 76.8 Å². The number of hydrogen-bond donors (Lipinski definition) is 1. The molecule has 102 valence electrons. The molecule has 3 aromatic rings. The largest absolute Gasteiger partial charge is 0.494 e. The van der Waals surface area contributed by atoms with E-state index in [9.17, 15) is 0 Å². The summed E-state index contributed by atoms with van der Waals surface area (Å²) in [6, 6.07) is 9.40. The molecule has 0 bridgehead atoms. The molecular weight excluding hydrogens is 256 g/mol. The predicted molar refractivity (Wildman–Crippen MR) is 73.1 cm³/mol. The van der Waals surface area contributed by atoms with E-state index in [1.807, 2.05) is 24.3 Å². The number of nitrogens with zero attached hydrogens (tertiary/aromatic N) is 3. The fraction of sp³-hybridized carbons (Fsp3) is 0.214. The Bertz CT molecular complexity index is 659. The second kappa shape index (κ2) is 5.56. The van der Waals surface area contributed by atoms with E-state index >= 15 is 0 Å². The summed E-state index contributed by atoms with van der Waals surface area (Å²) in [5.74, 6) is 1.80. The van der Waals surface area contributed by atoms with Gasteiger partial charge in [0.15, 0.2) is 0 Å². The molecule has 2 heterocycles. The number of rotatable bonds is 5.